The first kappa shape index (κ1) is 17.6. The number of hydrogen-bond acceptors (Lipinski definition) is 8. The van der Waals surface area contributed by atoms with Gasteiger partial charge in [-0.25, -0.2) is 9.67 Å². The standard InChI is InChI=1S/C15H21N9O2/c1-3-24-10(6-9(2)22-24)19-11(26)7-23-8-18-12-13(17-4-5-25)20-15(16)21-14(12)23/h6,8,25H,3-5,7H2,1-2H3,(H,19,26)(H3,16,17,20,21). The number of amides is 1. The van der Waals surface area contributed by atoms with Crippen molar-refractivity contribution < 1.29 is 9.90 Å². The zero-order chi connectivity index (χ0) is 18.7. The van der Waals surface area contributed by atoms with Crippen LogP contribution in [0.5, 0.6) is 0 Å². The highest BCUT2D eigenvalue weighted by Gasteiger charge is 2.15. The second kappa shape index (κ2) is 7.35. The SMILES string of the molecule is CCn1nc(C)cc1NC(=O)Cn1cnc2c(NCCO)nc(N)nc21. The molecule has 0 saturated carbocycles. The highest BCUT2D eigenvalue weighted by molar-refractivity contribution is 5.91. The normalized spacial score (nSPS) is 11.0. The number of carbonyl (C=O) groups excluding carboxylic acids is 1. The lowest BCUT2D eigenvalue weighted by Gasteiger charge is -2.09. The van der Waals surface area contributed by atoms with E-state index in [4.69, 9.17) is 10.8 Å². The molecular weight excluding hydrogens is 338 g/mol. The largest absolute Gasteiger partial charge is 0.395 e. The van der Waals surface area contributed by atoms with Crippen LogP contribution >= 0.6 is 0 Å². The van der Waals surface area contributed by atoms with Gasteiger partial charge in [0.05, 0.1) is 18.6 Å². The summed E-state index contributed by atoms with van der Waals surface area (Å²) < 4.78 is 3.31. The molecule has 0 atom stereocenters. The number of nitrogens with two attached hydrogens (primary N) is 1. The fourth-order valence-corrected chi connectivity index (χ4v) is 2.60. The number of rotatable bonds is 7. The van der Waals surface area contributed by atoms with Crippen LogP contribution in [-0.2, 0) is 17.9 Å². The minimum Gasteiger partial charge on any atom is -0.395 e. The molecule has 0 bridgehead atoms. The predicted molar refractivity (Wildman–Crippen MR) is 96.6 cm³/mol. The Labute approximate surface area is 149 Å². The molecule has 0 spiro atoms. The van der Waals surface area contributed by atoms with Crippen LogP contribution in [-0.4, -0.2) is 53.5 Å². The van der Waals surface area contributed by atoms with Gasteiger partial charge >= 0.3 is 0 Å². The van der Waals surface area contributed by atoms with Gasteiger partial charge in [-0.05, 0) is 13.8 Å². The van der Waals surface area contributed by atoms with E-state index in [1.807, 2.05) is 19.9 Å². The molecule has 138 valence electrons. The smallest absolute Gasteiger partial charge is 0.245 e. The maximum atomic E-state index is 12.4. The van der Waals surface area contributed by atoms with Gasteiger partial charge in [0.25, 0.3) is 0 Å². The van der Waals surface area contributed by atoms with E-state index in [0.717, 1.165) is 5.69 Å². The molecule has 11 nitrogen and oxygen atoms in total. The van der Waals surface area contributed by atoms with Crippen LogP contribution in [0.1, 0.15) is 12.6 Å². The Morgan fingerprint density at radius 1 is 1.38 bits per heavy atom. The number of aliphatic hydroxyl groups excluding tert-OH is 1. The number of carbonyl (C=O) groups is 1. The van der Waals surface area contributed by atoms with Gasteiger partial charge in [-0.2, -0.15) is 15.1 Å². The fourth-order valence-electron chi connectivity index (χ4n) is 2.60. The van der Waals surface area contributed by atoms with Gasteiger partial charge in [-0.15, -0.1) is 0 Å². The number of aromatic nitrogens is 6. The lowest BCUT2D eigenvalue weighted by Crippen LogP contribution is -2.20. The molecule has 1 amide bonds. The minimum atomic E-state index is -0.235. The summed E-state index contributed by atoms with van der Waals surface area (Å²) in [6, 6.07) is 1.81. The van der Waals surface area contributed by atoms with E-state index in [0.29, 0.717) is 35.9 Å². The molecule has 0 radical (unpaired) electrons. The van der Waals surface area contributed by atoms with Crippen molar-refractivity contribution in [2.45, 2.75) is 26.9 Å². The summed E-state index contributed by atoms with van der Waals surface area (Å²) in [5, 5.41) is 19.0. The van der Waals surface area contributed by atoms with E-state index in [9.17, 15) is 4.79 Å². The van der Waals surface area contributed by atoms with E-state index in [1.54, 1.807) is 9.25 Å². The van der Waals surface area contributed by atoms with Crippen molar-refractivity contribution in [3.8, 4) is 0 Å². The van der Waals surface area contributed by atoms with Gasteiger partial charge in [-0.3, -0.25) is 4.79 Å². The zero-order valence-electron chi connectivity index (χ0n) is 14.6. The first-order valence-electron chi connectivity index (χ1n) is 8.19. The number of hydrogen-bond donors (Lipinski definition) is 4. The van der Waals surface area contributed by atoms with Crippen LogP contribution in [0.15, 0.2) is 12.4 Å². The number of fused-ring (bicyclic) bond motifs is 1. The average molecular weight is 359 g/mol. The summed E-state index contributed by atoms with van der Waals surface area (Å²) in [7, 11) is 0. The molecule has 0 aliphatic carbocycles. The van der Waals surface area contributed by atoms with Crippen molar-refractivity contribution in [2.75, 3.05) is 29.5 Å². The second-order valence-electron chi connectivity index (χ2n) is 5.66. The molecule has 5 N–H and O–H groups in total. The molecular formula is C15H21N9O2. The van der Waals surface area contributed by atoms with Gasteiger partial charge in [0.2, 0.25) is 11.9 Å². The van der Waals surface area contributed by atoms with Gasteiger partial charge in [0.1, 0.15) is 12.4 Å². The molecule has 26 heavy (non-hydrogen) atoms. The van der Waals surface area contributed by atoms with E-state index >= 15 is 0 Å². The van der Waals surface area contributed by atoms with Gasteiger partial charge in [0, 0.05) is 19.2 Å². The number of aliphatic hydroxyl groups is 1. The molecule has 0 unspecified atom stereocenters. The predicted octanol–water partition coefficient (Wildman–Crippen LogP) is -0.0238. The summed E-state index contributed by atoms with van der Waals surface area (Å²) in [5.74, 6) is 0.875. The Morgan fingerprint density at radius 2 is 2.19 bits per heavy atom. The summed E-state index contributed by atoms with van der Waals surface area (Å²) in [4.78, 5) is 24.9. The summed E-state index contributed by atoms with van der Waals surface area (Å²) in [6.45, 7) is 4.73. The molecule has 3 rings (SSSR count). The quantitative estimate of drug-likeness (QED) is 0.460. The molecule has 0 aromatic carbocycles. The molecule has 0 aliphatic heterocycles. The van der Waals surface area contributed by atoms with Crippen LogP contribution in [0.2, 0.25) is 0 Å². The molecule has 3 aromatic rings. The van der Waals surface area contributed by atoms with Crippen molar-refractivity contribution >= 4 is 34.7 Å². The van der Waals surface area contributed by atoms with E-state index in [2.05, 4.69) is 30.7 Å². The maximum absolute atomic E-state index is 12.4. The van der Waals surface area contributed by atoms with Crippen LogP contribution < -0.4 is 16.4 Å². The molecule has 0 saturated heterocycles. The molecule has 3 heterocycles. The van der Waals surface area contributed by atoms with Crippen LogP contribution in [0.3, 0.4) is 0 Å². The van der Waals surface area contributed by atoms with Crippen LogP contribution in [0, 0.1) is 6.92 Å². The zero-order valence-corrected chi connectivity index (χ0v) is 14.6. The van der Waals surface area contributed by atoms with Crippen molar-refractivity contribution in [2.24, 2.45) is 0 Å². The second-order valence-corrected chi connectivity index (χ2v) is 5.66. The summed E-state index contributed by atoms with van der Waals surface area (Å²) in [5.41, 5.74) is 7.49. The molecule has 0 fully saturated rings. The maximum Gasteiger partial charge on any atom is 0.245 e. The van der Waals surface area contributed by atoms with Crippen molar-refractivity contribution in [1.29, 1.82) is 0 Å². The van der Waals surface area contributed by atoms with Crippen LogP contribution in [0.25, 0.3) is 11.2 Å². The number of imidazole rings is 1. The van der Waals surface area contributed by atoms with Gasteiger partial charge in [-0.1, -0.05) is 0 Å². The Morgan fingerprint density at radius 3 is 2.92 bits per heavy atom. The van der Waals surface area contributed by atoms with E-state index in [1.165, 1.54) is 6.33 Å². The lowest BCUT2D eigenvalue weighted by molar-refractivity contribution is -0.116. The van der Waals surface area contributed by atoms with E-state index in [-0.39, 0.29) is 25.0 Å². The molecule has 11 heteroatoms. The van der Waals surface area contributed by atoms with E-state index < -0.39 is 0 Å². The molecule has 0 aliphatic rings. The highest BCUT2D eigenvalue weighted by atomic mass is 16.3. The first-order chi connectivity index (χ1) is 12.5. The van der Waals surface area contributed by atoms with Crippen LogP contribution in [0.4, 0.5) is 17.6 Å². The third-order valence-corrected chi connectivity index (χ3v) is 3.67. The van der Waals surface area contributed by atoms with Gasteiger partial charge in [0.15, 0.2) is 17.0 Å². The topological polar surface area (TPSA) is 149 Å². The average Bonchev–Trinajstić information content (AvgIpc) is 3.15. The highest BCUT2D eigenvalue weighted by Crippen LogP contribution is 2.19. The number of aryl methyl sites for hydroxylation is 2. The van der Waals surface area contributed by atoms with Gasteiger partial charge < -0.3 is 26.0 Å². The fraction of sp³-hybridized carbons (Fsp3) is 0.400. The number of anilines is 3. The Kier molecular flexibility index (Phi) is 4.98. The number of nitrogen functional groups attached to an aromatic ring is 1. The monoisotopic (exact) mass is 359 g/mol. The van der Waals surface area contributed by atoms with Crippen molar-refractivity contribution in [1.82, 2.24) is 29.3 Å². The summed E-state index contributed by atoms with van der Waals surface area (Å²) >= 11 is 0. The first-order valence-corrected chi connectivity index (χ1v) is 8.19. The lowest BCUT2D eigenvalue weighted by atomic mass is 10.4. The third-order valence-electron chi connectivity index (χ3n) is 3.67. The Bertz CT molecular complexity index is 931. The summed E-state index contributed by atoms with van der Waals surface area (Å²) in [6.07, 6.45) is 1.50. The Balaban J connectivity index is 1.82. The third kappa shape index (κ3) is 3.57. The minimum absolute atomic E-state index is 0.0142. The Hall–Kier alpha value is -3.21. The molecule has 3 aromatic heterocycles. The van der Waals surface area contributed by atoms with Crippen molar-refractivity contribution in [3.63, 3.8) is 0 Å². The number of nitrogens with one attached hydrogen (secondary N) is 2. The number of nitrogens with zero attached hydrogens (tertiary/aromatic N) is 6. The van der Waals surface area contributed by atoms with Crippen molar-refractivity contribution in [3.05, 3.63) is 18.1 Å².